The average molecular weight is 390 g/mol. The van der Waals surface area contributed by atoms with Gasteiger partial charge in [-0.2, -0.15) is 0 Å². The maximum atomic E-state index is 6.17. The van der Waals surface area contributed by atoms with Gasteiger partial charge in [0.25, 0.3) is 0 Å². The van der Waals surface area contributed by atoms with Gasteiger partial charge in [-0.3, -0.25) is 4.57 Å². The molecule has 0 atom stereocenters. The highest BCUT2D eigenvalue weighted by atomic mass is 79.9. The van der Waals surface area contributed by atoms with Crippen molar-refractivity contribution in [2.45, 2.75) is 5.88 Å². The highest BCUT2D eigenvalue weighted by Crippen LogP contribution is 2.33. The van der Waals surface area contributed by atoms with Crippen LogP contribution >= 0.6 is 50.7 Å². The van der Waals surface area contributed by atoms with Crippen LogP contribution in [0.3, 0.4) is 0 Å². The molecule has 6 heteroatoms. The summed E-state index contributed by atoms with van der Waals surface area (Å²) in [6.07, 6.45) is 0. The van der Waals surface area contributed by atoms with E-state index < -0.39 is 0 Å². The second kappa shape index (κ2) is 5.57. The first-order chi connectivity index (χ1) is 9.61. The molecule has 0 N–H and O–H groups in total. The molecule has 0 saturated carbocycles. The van der Waals surface area contributed by atoms with E-state index in [1.165, 1.54) is 0 Å². The lowest BCUT2D eigenvalue weighted by molar-refractivity contribution is 0.977. The van der Waals surface area contributed by atoms with E-state index >= 15 is 0 Å². The van der Waals surface area contributed by atoms with Crippen LogP contribution in [0, 0.1) is 0 Å². The fourth-order valence-corrected chi connectivity index (χ4v) is 3.08. The highest BCUT2D eigenvalue weighted by molar-refractivity contribution is 9.10. The number of aromatic nitrogens is 2. The number of halogens is 4. The van der Waals surface area contributed by atoms with Crippen molar-refractivity contribution in [3.05, 3.63) is 56.7 Å². The summed E-state index contributed by atoms with van der Waals surface area (Å²) in [6.45, 7) is 0. The van der Waals surface area contributed by atoms with Crippen molar-refractivity contribution in [1.82, 2.24) is 9.55 Å². The van der Waals surface area contributed by atoms with Gasteiger partial charge in [0.1, 0.15) is 5.82 Å². The minimum atomic E-state index is 0.297. The van der Waals surface area contributed by atoms with Gasteiger partial charge < -0.3 is 0 Å². The van der Waals surface area contributed by atoms with E-state index in [1.54, 1.807) is 0 Å². The number of imidazole rings is 1. The van der Waals surface area contributed by atoms with Crippen molar-refractivity contribution < 1.29 is 0 Å². The molecule has 0 amide bonds. The van der Waals surface area contributed by atoms with Crippen LogP contribution in [-0.4, -0.2) is 9.55 Å². The van der Waals surface area contributed by atoms with E-state index in [4.69, 9.17) is 34.8 Å². The first-order valence-electron chi connectivity index (χ1n) is 5.79. The SMILES string of the molecule is ClCc1nc2cc(Cl)ccc2n1-c1cccc(Cl)c1Br. The second-order valence-corrected chi connectivity index (χ2v) is 6.11. The summed E-state index contributed by atoms with van der Waals surface area (Å²) in [6, 6.07) is 11.3. The van der Waals surface area contributed by atoms with Crippen molar-refractivity contribution in [2.75, 3.05) is 0 Å². The number of benzene rings is 2. The van der Waals surface area contributed by atoms with Crippen LogP contribution in [0.4, 0.5) is 0 Å². The minimum Gasteiger partial charge on any atom is -0.294 e. The molecular weight excluding hydrogens is 382 g/mol. The van der Waals surface area contributed by atoms with Crippen molar-refractivity contribution in [3.63, 3.8) is 0 Å². The van der Waals surface area contributed by atoms with E-state index in [0.29, 0.717) is 15.9 Å². The molecule has 2 nitrogen and oxygen atoms in total. The van der Waals surface area contributed by atoms with Crippen LogP contribution in [0.5, 0.6) is 0 Å². The molecule has 1 aromatic heterocycles. The molecule has 0 bridgehead atoms. The van der Waals surface area contributed by atoms with Crippen LogP contribution in [0.1, 0.15) is 5.82 Å². The molecule has 102 valence electrons. The Bertz CT molecular complexity index is 798. The standard InChI is InChI=1S/C14H8BrCl3N2/c15-14-9(18)2-1-3-12(14)20-11-5-4-8(17)6-10(11)19-13(20)7-16/h1-6H,7H2. The number of rotatable bonds is 2. The number of nitrogens with zero attached hydrogens (tertiary/aromatic N) is 2. The molecule has 3 rings (SSSR count). The lowest BCUT2D eigenvalue weighted by atomic mass is 10.2. The van der Waals surface area contributed by atoms with Gasteiger partial charge in [0.2, 0.25) is 0 Å². The van der Waals surface area contributed by atoms with Crippen LogP contribution in [0.2, 0.25) is 10.0 Å². The molecule has 0 aliphatic carbocycles. The molecule has 0 spiro atoms. The number of hydrogen-bond donors (Lipinski definition) is 0. The molecule has 0 radical (unpaired) electrons. The van der Waals surface area contributed by atoms with E-state index in [0.717, 1.165) is 27.0 Å². The lowest BCUT2D eigenvalue weighted by Crippen LogP contribution is -2.00. The topological polar surface area (TPSA) is 17.8 Å². The maximum absolute atomic E-state index is 6.17. The first kappa shape index (κ1) is 14.2. The van der Waals surface area contributed by atoms with E-state index in [9.17, 15) is 0 Å². The maximum Gasteiger partial charge on any atom is 0.129 e. The van der Waals surface area contributed by atoms with Gasteiger partial charge >= 0.3 is 0 Å². The Morgan fingerprint density at radius 2 is 1.95 bits per heavy atom. The summed E-state index contributed by atoms with van der Waals surface area (Å²) in [7, 11) is 0. The predicted octanol–water partition coefficient (Wildman–Crippen LogP) is 5.83. The summed E-state index contributed by atoms with van der Waals surface area (Å²) in [5.74, 6) is 1.04. The van der Waals surface area contributed by atoms with Crippen molar-refractivity contribution in [3.8, 4) is 5.69 Å². The molecule has 0 aliphatic heterocycles. The van der Waals surface area contributed by atoms with Gasteiger partial charge in [-0.25, -0.2) is 4.98 Å². The molecule has 0 saturated heterocycles. The Morgan fingerprint density at radius 3 is 2.70 bits per heavy atom. The summed E-state index contributed by atoms with van der Waals surface area (Å²) < 4.78 is 2.79. The smallest absolute Gasteiger partial charge is 0.129 e. The van der Waals surface area contributed by atoms with Crippen molar-refractivity contribution >= 4 is 61.8 Å². The van der Waals surface area contributed by atoms with Gasteiger partial charge in [-0.1, -0.05) is 29.3 Å². The molecule has 2 aromatic carbocycles. The zero-order chi connectivity index (χ0) is 14.3. The van der Waals surface area contributed by atoms with Gasteiger partial charge in [0, 0.05) is 5.02 Å². The largest absolute Gasteiger partial charge is 0.294 e. The zero-order valence-corrected chi connectivity index (χ0v) is 13.9. The molecule has 0 aliphatic rings. The molecule has 1 heterocycles. The molecule has 20 heavy (non-hydrogen) atoms. The van der Waals surface area contributed by atoms with Crippen LogP contribution in [0.25, 0.3) is 16.7 Å². The van der Waals surface area contributed by atoms with Crippen molar-refractivity contribution in [1.29, 1.82) is 0 Å². The summed E-state index contributed by atoms with van der Waals surface area (Å²) >= 11 is 21.7. The first-order valence-corrected chi connectivity index (χ1v) is 7.87. The fraction of sp³-hybridized carbons (Fsp3) is 0.0714. The van der Waals surface area contributed by atoms with Crippen molar-refractivity contribution in [2.24, 2.45) is 0 Å². The normalized spacial score (nSPS) is 11.2. The Kier molecular flexibility index (Phi) is 3.95. The van der Waals surface area contributed by atoms with E-state index in [1.807, 2.05) is 41.0 Å². The van der Waals surface area contributed by atoms with Gasteiger partial charge in [-0.05, 0) is 46.3 Å². The third-order valence-corrected chi connectivity index (χ3v) is 4.83. The molecule has 3 aromatic rings. The zero-order valence-electron chi connectivity index (χ0n) is 10.1. The van der Waals surface area contributed by atoms with Gasteiger partial charge in [-0.15, -0.1) is 11.6 Å². The monoisotopic (exact) mass is 388 g/mol. The van der Waals surface area contributed by atoms with Crippen LogP contribution in [0.15, 0.2) is 40.9 Å². The Balaban J connectivity index is 2.37. The number of alkyl halides is 1. The Hall–Kier alpha value is -0.740. The number of fused-ring (bicyclic) bond motifs is 1. The highest BCUT2D eigenvalue weighted by Gasteiger charge is 2.15. The predicted molar refractivity (Wildman–Crippen MR) is 88.3 cm³/mol. The average Bonchev–Trinajstić information content (AvgIpc) is 2.79. The quantitative estimate of drug-likeness (QED) is 0.503. The van der Waals surface area contributed by atoms with E-state index in [2.05, 4.69) is 20.9 Å². The lowest BCUT2D eigenvalue weighted by Gasteiger charge is -2.11. The van der Waals surface area contributed by atoms with Gasteiger partial charge in [0.05, 0.1) is 32.1 Å². The molecule has 0 unspecified atom stereocenters. The third kappa shape index (κ3) is 2.33. The molecular formula is C14H8BrCl3N2. The summed E-state index contributed by atoms with van der Waals surface area (Å²) in [5, 5.41) is 1.28. The van der Waals surface area contributed by atoms with Crippen LogP contribution in [-0.2, 0) is 5.88 Å². The minimum absolute atomic E-state index is 0.297. The fourth-order valence-electron chi connectivity index (χ4n) is 2.13. The second-order valence-electron chi connectivity index (χ2n) is 4.20. The Morgan fingerprint density at radius 1 is 1.15 bits per heavy atom. The summed E-state index contributed by atoms with van der Waals surface area (Å²) in [4.78, 5) is 4.52. The van der Waals surface area contributed by atoms with Crippen LogP contribution < -0.4 is 0 Å². The molecule has 0 fully saturated rings. The van der Waals surface area contributed by atoms with Gasteiger partial charge in [0.15, 0.2) is 0 Å². The summed E-state index contributed by atoms with van der Waals surface area (Å²) in [5.41, 5.74) is 2.64. The third-order valence-electron chi connectivity index (χ3n) is 2.98. The van der Waals surface area contributed by atoms with E-state index in [-0.39, 0.29) is 0 Å². The Labute approximate surface area is 139 Å². The number of hydrogen-bond acceptors (Lipinski definition) is 1.